The minimum Gasteiger partial charge on any atom is -0.358 e. The molecule has 0 unspecified atom stereocenters. The van der Waals surface area contributed by atoms with Crippen molar-refractivity contribution in [3.8, 4) is 0 Å². The molecule has 78 valence electrons. The Morgan fingerprint density at radius 3 is 0.462 bits per heavy atom. The standard InChI is InChI=1S/2C5H10.2CH3.Zr/c2*1-2-4-5-3-1;;;/h2*1-5H2;2*1H3;/q;;2*-1;+2. The Morgan fingerprint density at radius 1 is 0.308 bits per heavy atom. The van der Waals surface area contributed by atoms with Crippen LogP contribution in [-0.2, 0) is 26.2 Å². The van der Waals surface area contributed by atoms with E-state index < -0.39 is 0 Å². The van der Waals surface area contributed by atoms with Crippen molar-refractivity contribution in [1.29, 1.82) is 0 Å². The SMILES string of the molecule is C1CCCC1.C1CCCC1.[CH3-].[CH3-].[Zr+2]. The molecule has 0 saturated heterocycles. The van der Waals surface area contributed by atoms with Crippen LogP contribution in [0.4, 0.5) is 0 Å². The molecular weight excluding hydrogens is 235 g/mol. The summed E-state index contributed by atoms with van der Waals surface area (Å²) in [5.74, 6) is 0. The van der Waals surface area contributed by atoms with Gasteiger partial charge in [-0.2, -0.15) is 0 Å². The summed E-state index contributed by atoms with van der Waals surface area (Å²) in [5.41, 5.74) is 0. The molecule has 0 aromatic carbocycles. The molecule has 0 radical (unpaired) electrons. The summed E-state index contributed by atoms with van der Waals surface area (Å²) in [6.45, 7) is 0. The number of hydrogen-bond acceptors (Lipinski definition) is 0. The van der Waals surface area contributed by atoms with E-state index in [-0.39, 0.29) is 41.1 Å². The molecule has 0 N–H and O–H groups in total. The average Bonchev–Trinajstić information content (AvgIpc) is 2.67. The monoisotopic (exact) mass is 260 g/mol. The quantitative estimate of drug-likeness (QED) is 0.550. The molecule has 0 heterocycles. The van der Waals surface area contributed by atoms with Crippen molar-refractivity contribution in [2.75, 3.05) is 0 Å². The van der Waals surface area contributed by atoms with Crippen LogP contribution in [-0.4, -0.2) is 0 Å². The summed E-state index contributed by atoms with van der Waals surface area (Å²) in [4.78, 5) is 0. The predicted octanol–water partition coefficient (Wildman–Crippen LogP) is 4.80. The second-order valence-electron chi connectivity index (χ2n) is 3.54. The molecule has 13 heavy (non-hydrogen) atoms. The van der Waals surface area contributed by atoms with Gasteiger partial charge in [0.15, 0.2) is 0 Å². The Labute approximate surface area is 105 Å². The minimum absolute atomic E-state index is 0. The largest absolute Gasteiger partial charge is 2.00 e. The van der Waals surface area contributed by atoms with E-state index in [0.717, 1.165) is 0 Å². The molecule has 0 nitrogen and oxygen atoms in total. The summed E-state index contributed by atoms with van der Waals surface area (Å²) in [7, 11) is 0. The van der Waals surface area contributed by atoms with Crippen LogP contribution in [0.2, 0.25) is 0 Å². The van der Waals surface area contributed by atoms with Crippen LogP contribution in [0.15, 0.2) is 0 Å². The van der Waals surface area contributed by atoms with E-state index in [1.807, 2.05) is 0 Å². The summed E-state index contributed by atoms with van der Waals surface area (Å²) >= 11 is 0. The molecule has 0 aliphatic heterocycles. The maximum absolute atomic E-state index is 1.50. The smallest absolute Gasteiger partial charge is 0.358 e. The third-order valence-corrected chi connectivity index (χ3v) is 2.50. The second-order valence-corrected chi connectivity index (χ2v) is 3.54. The van der Waals surface area contributed by atoms with Crippen LogP contribution in [0.1, 0.15) is 64.2 Å². The van der Waals surface area contributed by atoms with Crippen molar-refractivity contribution in [3.05, 3.63) is 14.9 Å². The van der Waals surface area contributed by atoms with Crippen LogP contribution in [0.3, 0.4) is 0 Å². The van der Waals surface area contributed by atoms with Gasteiger partial charge >= 0.3 is 26.2 Å². The molecule has 2 aliphatic carbocycles. The Bertz CT molecular complexity index is 38.3. The summed E-state index contributed by atoms with van der Waals surface area (Å²) < 4.78 is 0. The first-order valence-electron chi connectivity index (χ1n) is 5.00. The summed E-state index contributed by atoms with van der Waals surface area (Å²) in [5, 5.41) is 0. The fourth-order valence-corrected chi connectivity index (χ4v) is 1.77. The van der Waals surface area contributed by atoms with Crippen molar-refractivity contribution >= 4 is 0 Å². The van der Waals surface area contributed by atoms with Gasteiger partial charge in [0.1, 0.15) is 0 Å². The van der Waals surface area contributed by atoms with Gasteiger partial charge in [0.25, 0.3) is 0 Å². The van der Waals surface area contributed by atoms with Crippen molar-refractivity contribution in [3.63, 3.8) is 0 Å². The Morgan fingerprint density at radius 2 is 0.385 bits per heavy atom. The molecule has 2 rings (SSSR count). The molecule has 0 aromatic rings. The van der Waals surface area contributed by atoms with Crippen LogP contribution in [0.5, 0.6) is 0 Å². The zero-order valence-corrected chi connectivity index (χ0v) is 12.0. The second kappa shape index (κ2) is 15.4. The van der Waals surface area contributed by atoms with Gasteiger partial charge in [0, 0.05) is 0 Å². The van der Waals surface area contributed by atoms with E-state index in [2.05, 4.69) is 0 Å². The maximum atomic E-state index is 1.50. The van der Waals surface area contributed by atoms with Crippen LogP contribution < -0.4 is 0 Å². The predicted molar refractivity (Wildman–Crippen MR) is 59.0 cm³/mol. The van der Waals surface area contributed by atoms with E-state index in [0.29, 0.717) is 0 Å². The van der Waals surface area contributed by atoms with Gasteiger partial charge in [-0.25, -0.2) is 0 Å². The fourth-order valence-electron chi connectivity index (χ4n) is 1.77. The summed E-state index contributed by atoms with van der Waals surface area (Å²) in [6, 6.07) is 0. The van der Waals surface area contributed by atoms with Crippen molar-refractivity contribution in [1.82, 2.24) is 0 Å². The normalized spacial score (nSPS) is 18.5. The van der Waals surface area contributed by atoms with Crippen molar-refractivity contribution in [2.24, 2.45) is 0 Å². The molecule has 2 saturated carbocycles. The van der Waals surface area contributed by atoms with Crippen LogP contribution in [0, 0.1) is 14.9 Å². The van der Waals surface area contributed by atoms with Gasteiger partial charge in [-0.15, -0.1) is 0 Å². The molecule has 0 spiro atoms. The van der Waals surface area contributed by atoms with Crippen molar-refractivity contribution < 1.29 is 26.2 Å². The molecule has 0 amide bonds. The van der Waals surface area contributed by atoms with Gasteiger partial charge in [-0.3, -0.25) is 0 Å². The molecule has 0 atom stereocenters. The van der Waals surface area contributed by atoms with Gasteiger partial charge in [-0.1, -0.05) is 64.2 Å². The topological polar surface area (TPSA) is 0 Å². The molecule has 0 aromatic heterocycles. The van der Waals surface area contributed by atoms with E-state index >= 15 is 0 Å². The van der Waals surface area contributed by atoms with E-state index in [4.69, 9.17) is 0 Å². The third kappa shape index (κ3) is 12.9. The molecule has 2 fully saturated rings. The molecule has 2 aliphatic rings. The van der Waals surface area contributed by atoms with Gasteiger partial charge in [0.2, 0.25) is 0 Å². The van der Waals surface area contributed by atoms with E-state index in [1.165, 1.54) is 64.2 Å². The van der Waals surface area contributed by atoms with Crippen molar-refractivity contribution in [2.45, 2.75) is 64.2 Å². The average molecular weight is 262 g/mol. The van der Waals surface area contributed by atoms with Crippen LogP contribution >= 0.6 is 0 Å². The van der Waals surface area contributed by atoms with E-state index in [1.54, 1.807) is 0 Å². The maximum Gasteiger partial charge on any atom is 2.00 e. The van der Waals surface area contributed by atoms with Gasteiger partial charge in [0.05, 0.1) is 0 Å². The number of hydrogen-bond donors (Lipinski definition) is 0. The van der Waals surface area contributed by atoms with Gasteiger partial charge < -0.3 is 14.9 Å². The first-order chi connectivity index (χ1) is 5.00. The fraction of sp³-hybridized carbons (Fsp3) is 0.833. The first kappa shape index (κ1) is 19.5. The zero-order chi connectivity index (χ0) is 7.07. The van der Waals surface area contributed by atoms with E-state index in [9.17, 15) is 0 Å². The zero-order valence-electron chi connectivity index (χ0n) is 9.57. The summed E-state index contributed by atoms with van der Waals surface area (Å²) in [6.07, 6.45) is 15.0. The van der Waals surface area contributed by atoms with Gasteiger partial charge in [-0.05, 0) is 0 Å². The molecular formula is C12H26Zr. The molecule has 1 heteroatoms. The van der Waals surface area contributed by atoms with Crippen LogP contribution in [0.25, 0.3) is 0 Å². The Kier molecular flexibility index (Phi) is 23.0. The minimum atomic E-state index is 0. The Hall–Kier alpha value is 0.883. The molecule has 0 bridgehead atoms. The first-order valence-corrected chi connectivity index (χ1v) is 5.00. The third-order valence-electron chi connectivity index (χ3n) is 2.50. The number of rotatable bonds is 0. The Balaban J connectivity index is -0.000000125.